The van der Waals surface area contributed by atoms with Gasteiger partial charge in [0, 0.05) is 23.9 Å². The number of ether oxygens (including phenoxy) is 2. The van der Waals surface area contributed by atoms with Crippen LogP contribution in [-0.2, 0) is 0 Å². The number of rotatable bonds is 4. The minimum Gasteiger partial charge on any atom is -0.493 e. The summed E-state index contributed by atoms with van der Waals surface area (Å²) in [5.74, 6) is 2.47. The highest BCUT2D eigenvalue weighted by molar-refractivity contribution is 7.14. The number of methoxy groups -OCH3 is 2. The lowest BCUT2D eigenvalue weighted by atomic mass is 10.1. The lowest BCUT2D eigenvalue weighted by Gasteiger charge is -2.11. The van der Waals surface area contributed by atoms with Crippen LogP contribution in [-0.4, -0.2) is 31.6 Å². The first-order valence-corrected chi connectivity index (χ1v) is 8.16. The molecule has 22 heavy (non-hydrogen) atoms. The number of nitrogens with one attached hydrogen (secondary N) is 1. The van der Waals surface area contributed by atoms with Crippen LogP contribution < -0.4 is 14.8 Å². The molecule has 0 aliphatic carbocycles. The van der Waals surface area contributed by atoms with Crippen molar-refractivity contribution in [1.29, 1.82) is 0 Å². The third-order valence-electron chi connectivity index (χ3n) is 3.56. The molecule has 1 aromatic heterocycles. The molecule has 1 aromatic carbocycles. The van der Waals surface area contributed by atoms with Crippen LogP contribution in [0.4, 0.5) is 5.13 Å². The molecule has 5 nitrogen and oxygen atoms in total. The molecule has 1 aliphatic rings. The Balaban J connectivity index is 1.79. The maximum Gasteiger partial charge on any atom is 0.188 e. The van der Waals surface area contributed by atoms with Crippen LogP contribution in [0.15, 0.2) is 28.6 Å². The van der Waals surface area contributed by atoms with Gasteiger partial charge in [0.2, 0.25) is 0 Å². The summed E-state index contributed by atoms with van der Waals surface area (Å²) in [7, 11) is 3.27. The van der Waals surface area contributed by atoms with E-state index >= 15 is 0 Å². The first-order valence-electron chi connectivity index (χ1n) is 7.28. The van der Waals surface area contributed by atoms with Gasteiger partial charge < -0.3 is 14.8 Å². The summed E-state index contributed by atoms with van der Waals surface area (Å²) in [5.41, 5.74) is 1.93. The molecule has 0 saturated heterocycles. The summed E-state index contributed by atoms with van der Waals surface area (Å²) in [6, 6.07) is 5.82. The van der Waals surface area contributed by atoms with Gasteiger partial charge in [0.25, 0.3) is 0 Å². The lowest BCUT2D eigenvalue weighted by Crippen LogP contribution is -2.15. The summed E-state index contributed by atoms with van der Waals surface area (Å²) in [5, 5.41) is 6.24. The Kier molecular flexibility index (Phi) is 4.58. The Bertz CT molecular complexity index is 682. The van der Waals surface area contributed by atoms with Crippen molar-refractivity contribution >= 4 is 22.3 Å². The fraction of sp³-hybridized carbons (Fsp3) is 0.375. The summed E-state index contributed by atoms with van der Waals surface area (Å²) in [6.07, 6.45) is 3.38. The monoisotopic (exact) mass is 317 g/mol. The van der Waals surface area contributed by atoms with E-state index in [1.54, 1.807) is 25.6 Å². The normalized spacial score (nSPS) is 14.4. The maximum atomic E-state index is 5.34. The number of thiazole rings is 1. The van der Waals surface area contributed by atoms with Crippen molar-refractivity contribution in [2.75, 3.05) is 26.1 Å². The van der Waals surface area contributed by atoms with Gasteiger partial charge in [-0.25, -0.2) is 4.98 Å². The number of benzene rings is 1. The molecule has 0 bridgehead atoms. The molecular weight excluding hydrogens is 298 g/mol. The first kappa shape index (κ1) is 14.8. The molecule has 1 aliphatic heterocycles. The molecule has 3 rings (SSSR count). The summed E-state index contributed by atoms with van der Waals surface area (Å²) >= 11 is 1.59. The number of aromatic nitrogens is 1. The quantitative estimate of drug-likeness (QED) is 0.931. The van der Waals surface area contributed by atoms with Gasteiger partial charge in [0.15, 0.2) is 16.6 Å². The van der Waals surface area contributed by atoms with Gasteiger partial charge in [-0.1, -0.05) is 0 Å². The average molecular weight is 317 g/mol. The topological polar surface area (TPSA) is 55.7 Å². The molecule has 0 fully saturated rings. The van der Waals surface area contributed by atoms with E-state index in [0.717, 1.165) is 40.9 Å². The fourth-order valence-electron chi connectivity index (χ4n) is 2.38. The van der Waals surface area contributed by atoms with E-state index in [9.17, 15) is 0 Å². The molecule has 2 aromatic rings. The van der Waals surface area contributed by atoms with Gasteiger partial charge in [-0.2, -0.15) is 0 Å². The number of hydrogen-bond acceptors (Lipinski definition) is 6. The van der Waals surface area contributed by atoms with Crippen LogP contribution in [0.25, 0.3) is 11.3 Å². The molecule has 0 unspecified atom stereocenters. The number of nitrogens with zero attached hydrogens (tertiary/aromatic N) is 2. The van der Waals surface area contributed by atoms with E-state index in [2.05, 4.69) is 15.3 Å². The lowest BCUT2D eigenvalue weighted by molar-refractivity contribution is 0.355. The molecule has 0 radical (unpaired) electrons. The van der Waals surface area contributed by atoms with E-state index in [1.165, 1.54) is 12.8 Å². The second kappa shape index (κ2) is 6.79. The van der Waals surface area contributed by atoms with Gasteiger partial charge in [0.1, 0.15) is 5.84 Å². The fourth-order valence-corrected chi connectivity index (χ4v) is 3.12. The smallest absolute Gasteiger partial charge is 0.188 e. The van der Waals surface area contributed by atoms with Gasteiger partial charge in [0.05, 0.1) is 19.9 Å². The van der Waals surface area contributed by atoms with Gasteiger partial charge in [-0.3, -0.25) is 4.99 Å². The van der Waals surface area contributed by atoms with Crippen molar-refractivity contribution in [1.82, 2.24) is 4.98 Å². The van der Waals surface area contributed by atoms with Gasteiger partial charge >= 0.3 is 0 Å². The van der Waals surface area contributed by atoms with E-state index in [-0.39, 0.29) is 0 Å². The van der Waals surface area contributed by atoms with Crippen LogP contribution >= 0.6 is 11.3 Å². The maximum absolute atomic E-state index is 5.34. The highest BCUT2D eigenvalue weighted by Crippen LogP contribution is 2.33. The van der Waals surface area contributed by atoms with Crippen LogP contribution in [0, 0.1) is 0 Å². The molecule has 0 amide bonds. The van der Waals surface area contributed by atoms with Crippen molar-refractivity contribution in [3.05, 3.63) is 23.6 Å². The third-order valence-corrected chi connectivity index (χ3v) is 4.32. The number of anilines is 1. The molecule has 0 atom stereocenters. The minimum absolute atomic E-state index is 0.708. The van der Waals surface area contributed by atoms with E-state index in [0.29, 0.717) is 5.75 Å². The van der Waals surface area contributed by atoms with E-state index in [4.69, 9.17) is 9.47 Å². The minimum atomic E-state index is 0.708. The molecular formula is C16H19N3O2S. The van der Waals surface area contributed by atoms with Crippen molar-refractivity contribution in [2.24, 2.45) is 4.99 Å². The third kappa shape index (κ3) is 3.22. The summed E-state index contributed by atoms with van der Waals surface area (Å²) in [6.45, 7) is 0.913. The van der Waals surface area contributed by atoms with E-state index in [1.807, 2.05) is 23.6 Å². The molecule has 1 N–H and O–H groups in total. The zero-order valence-electron chi connectivity index (χ0n) is 12.8. The predicted octanol–water partition coefficient (Wildman–Crippen LogP) is 3.82. The Morgan fingerprint density at radius 2 is 2.00 bits per heavy atom. The average Bonchev–Trinajstić information content (AvgIpc) is 3.03. The van der Waals surface area contributed by atoms with Crippen molar-refractivity contribution in [3.63, 3.8) is 0 Å². The van der Waals surface area contributed by atoms with Crippen LogP contribution in [0.1, 0.15) is 19.3 Å². The Hall–Kier alpha value is -2.08. The van der Waals surface area contributed by atoms with Crippen LogP contribution in [0.3, 0.4) is 0 Å². The van der Waals surface area contributed by atoms with Crippen LogP contribution in [0.5, 0.6) is 11.5 Å². The second-order valence-corrected chi connectivity index (χ2v) is 5.88. The number of aliphatic imine (C=N–C) groups is 1. The van der Waals surface area contributed by atoms with Crippen molar-refractivity contribution in [3.8, 4) is 22.8 Å². The molecule has 0 saturated carbocycles. The van der Waals surface area contributed by atoms with Gasteiger partial charge in [-0.05, 0) is 31.0 Å². The standard InChI is InChI=1S/C16H19N3O2S/c1-20-13-7-6-11(9-14(13)21-2)12-10-22-16(18-12)19-15-5-3-4-8-17-15/h6-7,9-10H,3-5,8H2,1-2H3,(H,17,18,19). The predicted molar refractivity (Wildman–Crippen MR) is 90.4 cm³/mol. The Morgan fingerprint density at radius 1 is 1.14 bits per heavy atom. The highest BCUT2D eigenvalue weighted by atomic mass is 32.1. The molecule has 6 heteroatoms. The van der Waals surface area contributed by atoms with Crippen molar-refractivity contribution < 1.29 is 9.47 Å². The highest BCUT2D eigenvalue weighted by Gasteiger charge is 2.11. The largest absolute Gasteiger partial charge is 0.493 e. The Morgan fingerprint density at radius 3 is 2.73 bits per heavy atom. The van der Waals surface area contributed by atoms with Crippen LogP contribution in [0.2, 0.25) is 0 Å². The molecule has 0 spiro atoms. The van der Waals surface area contributed by atoms with E-state index < -0.39 is 0 Å². The zero-order valence-corrected chi connectivity index (χ0v) is 13.6. The summed E-state index contributed by atoms with van der Waals surface area (Å²) in [4.78, 5) is 9.13. The summed E-state index contributed by atoms with van der Waals surface area (Å²) < 4.78 is 10.6. The first-order chi connectivity index (χ1) is 10.8. The number of hydrogen-bond donors (Lipinski definition) is 1. The molecule has 116 valence electrons. The van der Waals surface area contributed by atoms with Gasteiger partial charge in [-0.15, -0.1) is 11.3 Å². The zero-order chi connectivity index (χ0) is 15.4. The molecule has 2 heterocycles. The Labute approximate surface area is 134 Å². The SMILES string of the molecule is COc1ccc(-c2csc(NC3=NCCCC3)n2)cc1OC. The second-order valence-electron chi connectivity index (χ2n) is 5.02. The number of amidine groups is 1. The van der Waals surface area contributed by atoms with Crippen molar-refractivity contribution in [2.45, 2.75) is 19.3 Å².